The molecule has 1 fully saturated rings. The molecule has 1 aromatic rings. The SMILES string of the molecule is COc1ccc(NC(=O)[C@@H]2CNC[C@H]2C)cc1[N+](=O)[O-]. The maximum Gasteiger partial charge on any atom is 0.312 e. The Labute approximate surface area is 116 Å². The van der Waals surface area contributed by atoms with Gasteiger partial charge < -0.3 is 15.4 Å². The van der Waals surface area contributed by atoms with Crippen molar-refractivity contribution in [2.45, 2.75) is 6.92 Å². The summed E-state index contributed by atoms with van der Waals surface area (Å²) < 4.78 is 4.92. The minimum Gasteiger partial charge on any atom is -0.490 e. The van der Waals surface area contributed by atoms with E-state index in [1.165, 1.54) is 19.2 Å². The molecule has 7 heteroatoms. The van der Waals surface area contributed by atoms with E-state index in [2.05, 4.69) is 10.6 Å². The maximum atomic E-state index is 12.1. The maximum absolute atomic E-state index is 12.1. The second-order valence-corrected chi connectivity index (χ2v) is 4.88. The summed E-state index contributed by atoms with van der Waals surface area (Å²) in [5.41, 5.74) is 0.240. The fourth-order valence-electron chi connectivity index (χ4n) is 2.31. The molecular formula is C13H17N3O4. The summed E-state index contributed by atoms with van der Waals surface area (Å²) in [5.74, 6) is 0.185. The molecule has 1 heterocycles. The number of hydrogen-bond acceptors (Lipinski definition) is 5. The van der Waals surface area contributed by atoms with Gasteiger partial charge in [0.05, 0.1) is 18.0 Å². The molecule has 1 amide bonds. The molecule has 0 unspecified atom stereocenters. The highest BCUT2D eigenvalue weighted by molar-refractivity contribution is 5.93. The summed E-state index contributed by atoms with van der Waals surface area (Å²) in [7, 11) is 1.37. The highest BCUT2D eigenvalue weighted by atomic mass is 16.6. The summed E-state index contributed by atoms with van der Waals surface area (Å²) in [6.45, 7) is 3.44. The van der Waals surface area contributed by atoms with Crippen LogP contribution >= 0.6 is 0 Å². The van der Waals surface area contributed by atoms with Gasteiger partial charge in [-0.2, -0.15) is 0 Å². The number of amides is 1. The van der Waals surface area contributed by atoms with Crippen molar-refractivity contribution in [3.63, 3.8) is 0 Å². The Kier molecular flexibility index (Phi) is 4.19. The molecule has 1 aliphatic rings. The Bertz CT molecular complexity index is 532. The van der Waals surface area contributed by atoms with Crippen LogP contribution in [0.2, 0.25) is 0 Å². The predicted octanol–water partition coefficient (Wildman–Crippen LogP) is 1.40. The monoisotopic (exact) mass is 279 g/mol. The molecule has 1 aromatic carbocycles. The fourth-order valence-corrected chi connectivity index (χ4v) is 2.31. The zero-order valence-corrected chi connectivity index (χ0v) is 11.4. The first-order chi connectivity index (χ1) is 9.52. The summed E-state index contributed by atoms with van der Waals surface area (Å²) >= 11 is 0. The van der Waals surface area contributed by atoms with Crippen molar-refractivity contribution in [1.29, 1.82) is 0 Å². The van der Waals surface area contributed by atoms with Crippen molar-refractivity contribution in [2.75, 3.05) is 25.5 Å². The molecule has 7 nitrogen and oxygen atoms in total. The second kappa shape index (κ2) is 5.87. The van der Waals surface area contributed by atoms with Crippen LogP contribution in [0, 0.1) is 22.0 Å². The zero-order valence-electron chi connectivity index (χ0n) is 11.4. The van der Waals surface area contributed by atoms with E-state index >= 15 is 0 Å². The van der Waals surface area contributed by atoms with Crippen LogP contribution in [0.5, 0.6) is 5.75 Å². The van der Waals surface area contributed by atoms with Crippen LogP contribution in [0.4, 0.5) is 11.4 Å². The topological polar surface area (TPSA) is 93.5 Å². The van der Waals surface area contributed by atoms with E-state index in [1.54, 1.807) is 6.07 Å². The first-order valence-electron chi connectivity index (χ1n) is 6.37. The van der Waals surface area contributed by atoms with Gasteiger partial charge in [0.15, 0.2) is 5.75 Å². The third kappa shape index (κ3) is 2.88. The minimum atomic E-state index is -0.533. The molecule has 0 saturated carbocycles. The Balaban J connectivity index is 2.15. The van der Waals surface area contributed by atoms with E-state index in [1.807, 2.05) is 6.92 Å². The van der Waals surface area contributed by atoms with Gasteiger partial charge in [-0.15, -0.1) is 0 Å². The third-order valence-electron chi connectivity index (χ3n) is 3.50. The molecule has 20 heavy (non-hydrogen) atoms. The summed E-state index contributed by atoms with van der Waals surface area (Å²) in [4.78, 5) is 22.5. The molecule has 1 aliphatic heterocycles. The zero-order chi connectivity index (χ0) is 14.7. The van der Waals surface area contributed by atoms with E-state index < -0.39 is 4.92 Å². The summed E-state index contributed by atoms with van der Waals surface area (Å²) in [6.07, 6.45) is 0. The quantitative estimate of drug-likeness (QED) is 0.642. The molecule has 2 N–H and O–H groups in total. The highest BCUT2D eigenvalue weighted by Crippen LogP contribution is 2.30. The van der Waals surface area contributed by atoms with Gasteiger partial charge in [0.1, 0.15) is 0 Å². The molecule has 108 valence electrons. The number of carbonyl (C=O) groups excluding carboxylic acids is 1. The lowest BCUT2D eigenvalue weighted by molar-refractivity contribution is -0.385. The first-order valence-corrected chi connectivity index (χ1v) is 6.37. The molecule has 0 spiro atoms. The van der Waals surface area contributed by atoms with Gasteiger partial charge >= 0.3 is 5.69 Å². The van der Waals surface area contributed by atoms with Gasteiger partial charge in [-0.3, -0.25) is 14.9 Å². The summed E-state index contributed by atoms with van der Waals surface area (Å²) in [6, 6.07) is 4.38. The van der Waals surface area contributed by atoms with Crippen LogP contribution in [-0.4, -0.2) is 31.0 Å². The van der Waals surface area contributed by atoms with Crippen molar-refractivity contribution >= 4 is 17.3 Å². The lowest BCUT2D eigenvalue weighted by Gasteiger charge is -2.14. The number of benzene rings is 1. The average molecular weight is 279 g/mol. The summed E-state index contributed by atoms with van der Waals surface area (Å²) in [5, 5.41) is 16.8. The van der Waals surface area contributed by atoms with Crippen LogP contribution < -0.4 is 15.4 Å². The number of ether oxygens (including phenoxy) is 1. The largest absolute Gasteiger partial charge is 0.490 e. The Morgan fingerprint density at radius 2 is 2.25 bits per heavy atom. The van der Waals surface area contributed by atoms with Crippen LogP contribution in [0.3, 0.4) is 0 Å². The molecular weight excluding hydrogens is 262 g/mol. The van der Waals surface area contributed by atoms with E-state index in [-0.39, 0.29) is 29.2 Å². The second-order valence-electron chi connectivity index (χ2n) is 4.88. The van der Waals surface area contributed by atoms with E-state index in [9.17, 15) is 14.9 Å². The van der Waals surface area contributed by atoms with Crippen LogP contribution in [0.25, 0.3) is 0 Å². The Hall–Kier alpha value is -2.15. The normalized spacial score (nSPS) is 21.5. The standard InChI is InChI=1S/C13H17N3O4/c1-8-6-14-7-10(8)13(17)15-9-3-4-12(20-2)11(5-9)16(18)19/h3-5,8,10,14H,6-7H2,1-2H3,(H,15,17)/t8-,10-/m1/s1. The first kappa shape index (κ1) is 14.3. The molecule has 0 radical (unpaired) electrons. The number of carbonyl (C=O) groups is 1. The van der Waals surface area contributed by atoms with Gasteiger partial charge in [0.2, 0.25) is 5.91 Å². The van der Waals surface area contributed by atoms with Crippen molar-refractivity contribution in [3.8, 4) is 5.75 Å². The Morgan fingerprint density at radius 1 is 1.50 bits per heavy atom. The van der Waals surface area contributed by atoms with Crippen molar-refractivity contribution in [3.05, 3.63) is 28.3 Å². The molecule has 2 rings (SSSR count). The molecule has 2 atom stereocenters. The number of nitro groups is 1. The van der Waals surface area contributed by atoms with Gasteiger partial charge in [-0.25, -0.2) is 0 Å². The number of rotatable bonds is 4. The van der Waals surface area contributed by atoms with Crippen molar-refractivity contribution in [1.82, 2.24) is 5.32 Å². The number of nitrogens with one attached hydrogen (secondary N) is 2. The average Bonchev–Trinajstić information content (AvgIpc) is 2.85. The van der Waals surface area contributed by atoms with Gasteiger partial charge in [-0.1, -0.05) is 6.92 Å². The van der Waals surface area contributed by atoms with Gasteiger partial charge in [-0.05, 0) is 24.6 Å². The lowest BCUT2D eigenvalue weighted by atomic mass is 9.97. The van der Waals surface area contributed by atoms with E-state index in [0.717, 1.165) is 6.54 Å². The smallest absolute Gasteiger partial charge is 0.312 e. The molecule has 0 aliphatic carbocycles. The van der Waals surface area contributed by atoms with Gasteiger partial charge in [0.25, 0.3) is 0 Å². The number of nitro benzene ring substituents is 1. The van der Waals surface area contributed by atoms with Gasteiger partial charge in [0, 0.05) is 18.3 Å². The number of anilines is 1. The fraction of sp³-hybridized carbons (Fsp3) is 0.462. The Morgan fingerprint density at radius 3 is 2.80 bits per heavy atom. The van der Waals surface area contributed by atoms with Crippen LogP contribution in [0.15, 0.2) is 18.2 Å². The highest BCUT2D eigenvalue weighted by Gasteiger charge is 2.29. The molecule has 0 aromatic heterocycles. The van der Waals surface area contributed by atoms with E-state index in [4.69, 9.17) is 4.74 Å². The van der Waals surface area contributed by atoms with Crippen molar-refractivity contribution < 1.29 is 14.5 Å². The number of hydrogen-bond donors (Lipinski definition) is 2. The van der Waals surface area contributed by atoms with Crippen LogP contribution in [-0.2, 0) is 4.79 Å². The molecule has 1 saturated heterocycles. The van der Waals surface area contributed by atoms with E-state index in [0.29, 0.717) is 12.2 Å². The number of methoxy groups -OCH3 is 1. The number of nitrogens with zero attached hydrogens (tertiary/aromatic N) is 1. The lowest BCUT2D eigenvalue weighted by Crippen LogP contribution is -2.27. The predicted molar refractivity (Wildman–Crippen MR) is 73.8 cm³/mol. The van der Waals surface area contributed by atoms with Crippen molar-refractivity contribution in [2.24, 2.45) is 11.8 Å². The molecule has 0 bridgehead atoms. The minimum absolute atomic E-state index is 0.115. The third-order valence-corrected chi connectivity index (χ3v) is 3.50. The van der Waals surface area contributed by atoms with Crippen LogP contribution in [0.1, 0.15) is 6.92 Å².